The normalized spacial score (nSPS) is 10.6. The first-order valence-corrected chi connectivity index (χ1v) is 8.77. The van der Waals surface area contributed by atoms with Gasteiger partial charge in [-0.2, -0.15) is 0 Å². The molecule has 3 aromatic rings. The van der Waals surface area contributed by atoms with Crippen LogP contribution in [0.2, 0.25) is 0 Å². The molecule has 0 saturated heterocycles. The number of carbonyl (C=O) groups is 1. The largest absolute Gasteiger partial charge is 0.496 e. The summed E-state index contributed by atoms with van der Waals surface area (Å²) >= 11 is 1.50. The summed E-state index contributed by atoms with van der Waals surface area (Å²) < 4.78 is 31.4. The van der Waals surface area contributed by atoms with Crippen molar-refractivity contribution in [3.63, 3.8) is 0 Å². The molecule has 0 radical (unpaired) electrons. The Balaban J connectivity index is 1.60. The fourth-order valence-corrected chi connectivity index (χ4v) is 3.29. The van der Waals surface area contributed by atoms with Crippen molar-refractivity contribution < 1.29 is 18.3 Å². The van der Waals surface area contributed by atoms with Gasteiger partial charge in [-0.1, -0.05) is 12.1 Å². The fraction of sp³-hybridized carbons (Fsp3) is 0.158. The van der Waals surface area contributed by atoms with E-state index in [0.29, 0.717) is 13.0 Å². The minimum atomic E-state index is -1.04. The summed E-state index contributed by atoms with van der Waals surface area (Å²) in [7, 11) is 1.61. The number of thiazole rings is 1. The third-order valence-corrected chi connectivity index (χ3v) is 4.66. The number of halogens is 2. The Hall–Kier alpha value is -2.80. The molecule has 0 aliphatic carbocycles. The number of aromatic nitrogens is 1. The molecule has 1 N–H and O–H groups in total. The van der Waals surface area contributed by atoms with E-state index in [2.05, 4.69) is 10.3 Å². The summed E-state index contributed by atoms with van der Waals surface area (Å²) in [4.78, 5) is 16.5. The molecule has 0 unspecified atom stereocenters. The number of nitrogens with zero attached hydrogens (tertiary/aromatic N) is 1. The van der Waals surface area contributed by atoms with Crippen molar-refractivity contribution in [3.8, 4) is 16.3 Å². The molecular formula is C19H16F2N2O2S. The van der Waals surface area contributed by atoms with E-state index in [0.717, 1.165) is 34.1 Å². The number of methoxy groups -OCH3 is 1. The summed E-state index contributed by atoms with van der Waals surface area (Å²) in [6, 6.07) is 10.7. The molecule has 1 amide bonds. The molecular weight excluding hydrogens is 358 g/mol. The summed E-state index contributed by atoms with van der Waals surface area (Å²) in [5.74, 6) is -1.73. The molecule has 1 heterocycles. The minimum Gasteiger partial charge on any atom is -0.496 e. The number of ether oxygens (including phenoxy) is 1. The average Bonchev–Trinajstić information content (AvgIpc) is 3.12. The SMILES string of the molecule is COc1ccccc1-c1nc(CCNC(=O)c2ccc(F)c(F)c2)cs1. The van der Waals surface area contributed by atoms with E-state index >= 15 is 0 Å². The lowest BCUT2D eigenvalue weighted by Gasteiger charge is -2.05. The molecule has 0 fully saturated rings. The van der Waals surface area contributed by atoms with Crippen molar-refractivity contribution in [1.82, 2.24) is 10.3 Å². The number of amides is 1. The molecule has 0 spiro atoms. The number of hydrogen-bond donors (Lipinski definition) is 1. The molecule has 0 saturated carbocycles. The van der Waals surface area contributed by atoms with Gasteiger partial charge in [-0.05, 0) is 30.3 Å². The summed E-state index contributed by atoms with van der Waals surface area (Å²) in [5, 5.41) is 5.44. The highest BCUT2D eigenvalue weighted by Gasteiger charge is 2.11. The maximum atomic E-state index is 13.2. The van der Waals surface area contributed by atoms with Gasteiger partial charge in [0.05, 0.1) is 18.4 Å². The smallest absolute Gasteiger partial charge is 0.251 e. The summed E-state index contributed by atoms with van der Waals surface area (Å²) in [6.45, 7) is 0.340. The molecule has 0 atom stereocenters. The number of nitrogens with one attached hydrogen (secondary N) is 1. The van der Waals surface area contributed by atoms with E-state index in [4.69, 9.17) is 4.74 Å². The topological polar surface area (TPSA) is 51.2 Å². The van der Waals surface area contributed by atoms with Crippen LogP contribution in [0.25, 0.3) is 10.6 Å². The molecule has 0 bridgehead atoms. The Morgan fingerprint density at radius 3 is 2.77 bits per heavy atom. The zero-order valence-electron chi connectivity index (χ0n) is 14.0. The third-order valence-electron chi connectivity index (χ3n) is 3.74. The highest BCUT2D eigenvalue weighted by Crippen LogP contribution is 2.31. The monoisotopic (exact) mass is 374 g/mol. The number of carbonyl (C=O) groups excluding carboxylic acids is 1. The Morgan fingerprint density at radius 2 is 2.00 bits per heavy atom. The predicted octanol–water partition coefficient (Wildman–Crippen LogP) is 4.07. The van der Waals surface area contributed by atoms with Crippen LogP contribution in [0, 0.1) is 11.6 Å². The van der Waals surface area contributed by atoms with Gasteiger partial charge in [-0.25, -0.2) is 13.8 Å². The van der Waals surface area contributed by atoms with Crippen LogP contribution in [0.15, 0.2) is 47.8 Å². The fourth-order valence-electron chi connectivity index (χ4n) is 2.41. The Morgan fingerprint density at radius 1 is 1.19 bits per heavy atom. The van der Waals surface area contributed by atoms with Gasteiger partial charge in [0, 0.05) is 23.9 Å². The van der Waals surface area contributed by atoms with Crippen LogP contribution in [0.4, 0.5) is 8.78 Å². The van der Waals surface area contributed by atoms with E-state index in [-0.39, 0.29) is 5.56 Å². The standard InChI is InChI=1S/C19H16F2N2O2S/c1-25-17-5-3-2-4-14(17)19-23-13(11-26-19)8-9-22-18(24)12-6-7-15(20)16(21)10-12/h2-7,10-11H,8-9H2,1H3,(H,22,24). The van der Waals surface area contributed by atoms with Crippen molar-refractivity contribution in [3.05, 3.63) is 70.7 Å². The second-order valence-corrected chi connectivity index (χ2v) is 6.34. The van der Waals surface area contributed by atoms with Gasteiger partial charge in [0.25, 0.3) is 5.91 Å². The van der Waals surface area contributed by atoms with Crippen molar-refractivity contribution in [2.24, 2.45) is 0 Å². The number of hydrogen-bond acceptors (Lipinski definition) is 4. The Labute approximate surface area is 153 Å². The first-order chi connectivity index (χ1) is 12.6. The van der Waals surface area contributed by atoms with Gasteiger partial charge in [-0.3, -0.25) is 4.79 Å². The quantitative estimate of drug-likeness (QED) is 0.708. The van der Waals surface area contributed by atoms with Crippen molar-refractivity contribution in [1.29, 1.82) is 0 Å². The molecule has 7 heteroatoms. The second kappa shape index (κ2) is 8.05. The van der Waals surface area contributed by atoms with Crippen LogP contribution in [0.3, 0.4) is 0 Å². The molecule has 0 aliphatic rings. The van der Waals surface area contributed by atoms with E-state index in [9.17, 15) is 13.6 Å². The van der Waals surface area contributed by atoms with Crippen LogP contribution in [-0.2, 0) is 6.42 Å². The van der Waals surface area contributed by atoms with Gasteiger partial charge in [0.1, 0.15) is 10.8 Å². The molecule has 1 aromatic heterocycles. The Bertz CT molecular complexity index is 927. The van der Waals surface area contributed by atoms with Crippen molar-refractivity contribution >= 4 is 17.2 Å². The summed E-state index contributed by atoms with van der Waals surface area (Å²) in [5.41, 5.74) is 1.83. The van der Waals surface area contributed by atoms with Gasteiger partial charge >= 0.3 is 0 Å². The maximum absolute atomic E-state index is 13.2. The molecule has 3 rings (SSSR count). The lowest BCUT2D eigenvalue weighted by Crippen LogP contribution is -2.25. The first-order valence-electron chi connectivity index (χ1n) is 7.89. The van der Waals surface area contributed by atoms with Crippen LogP contribution < -0.4 is 10.1 Å². The zero-order valence-corrected chi connectivity index (χ0v) is 14.8. The molecule has 2 aromatic carbocycles. The van der Waals surface area contributed by atoms with E-state index in [1.165, 1.54) is 17.4 Å². The molecule has 0 aliphatic heterocycles. The van der Waals surface area contributed by atoms with Gasteiger partial charge in [0.15, 0.2) is 11.6 Å². The predicted molar refractivity (Wildman–Crippen MR) is 96.5 cm³/mol. The average molecular weight is 374 g/mol. The van der Waals surface area contributed by atoms with E-state index in [1.54, 1.807) is 7.11 Å². The lowest BCUT2D eigenvalue weighted by molar-refractivity contribution is 0.0953. The second-order valence-electron chi connectivity index (χ2n) is 5.48. The third kappa shape index (κ3) is 4.05. The van der Waals surface area contributed by atoms with Crippen molar-refractivity contribution in [2.75, 3.05) is 13.7 Å². The van der Waals surface area contributed by atoms with E-state index in [1.807, 2.05) is 29.6 Å². The minimum absolute atomic E-state index is 0.0805. The number of benzene rings is 2. The highest BCUT2D eigenvalue weighted by atomic mass is 32.1. The van der Waals surface area contributed by atoms with Gasteiger partial charge in [-0.15, -0.1) is 11.3 Å². The Kier molecular flexibility index (Phi) is 5.58. The number of rotatable bonds is 6. The molecule has 134 valence electrons. The maximum Gasteiger partial charge on any atom is 0.251 e. The molecule has 26 heavy (non-hydrogen) atoms. The van der Waals surface area contributed by atoms with Gasteiger partial charge in [0.2, 0.25) is 0 Å². The highest BCUT2D eigenvalue weighted by molar-refractivity contribution is 7.13. The van der Waals surface area contributed by atoms with Crippen LogP contribution >= 0.6 is 11.3 Å². The lowest BCUT2D eigenvalue weighted by atomic mass is 10.2. The number of para-hydroxylation sites is 1. The zero-order chi connectivity index (χ0) is 18.5. The van der Waals surface area contributed by atoms with E-state index < -0.39 is 17.5 Å². The first kappa shape index (κ1) is 18.0. The van der Waals surface area contributed by atoms with Crippen molar-refractivity contribution in [2.45, 2.75) is 6.42 Å². The van der Waals surface area contributed by atoms with Gasteiger partial charge < -0.3 is 10.1 Å². The van der Waals surface area contributed by atoms with Crippen LogP contribution in [-0.4, -0.2) is 24.5 Å². The van der Waals surface area contributed by atoms with Crippen LogP contribution in [0.5, 0.6) is 5.75 Å². The van der Waals surface area contributed by atoms with Crippen LogP contribution in [0.1, 0.15) is 16.1 Å². The molecule has 4 nitrogen and oxygen atoms in total. The summed E-state index contributed by atoms with van der Waals surface area (Å²) in [6.07, 6.45) is 0.529.